The molecule has 0 saturated heterocycles. The van der Waals surface area contributed by atoms with E-state index < -0.39 is 0 Å². The summed E-state index contributed by atoms with van der Waals surface area (Å²) in [5.74, 6) is 7.54. The summed E-state index contributed by atoms with van der Waals surface area (Å²) >= 11 is 1.15. The zero-order valence-corrected chi connectivity index (χ0v) is 17.2. The Balaban J connectivity index is 1.51. The molecule has 0 bridgehead atoms. The maximum atomic E-state index is 12.2. The SMILES string of the molecule is COc1ccc(/C=N/Nc2nnc(SCC(=O)Nc3cccc(OC)c3)n2N)cc1. The molecule has 11 heteroatoms. The van der Waals surface area contributed by atoms with Gasteiger partial charge in [-0.3, -0.25) is 4.79 Å². The number of nitrogen functional groups attached to an aromatic ring is 1. The second-order valence-corrected chi connectivity index (χ2v) is 6.83. The number of nitrogens with two attached hydrogens (primary N) is 1. The number of rotatable bonds is 9. The Morgan fingerprint density at radius 1 is 1.17 bits per heavy atom. The number of methoxy groups -OCH3 is 2. The van der Waals surface area contributed by atoms with Gasteiger partial charge in [0.1, 0.15) is 11.5 Å². The number of hydrazone groups is 1. The van der Waals surface area contributed by atoms with E-state index in [1.165, 1.54) is 4.68 Å². The molecule has 3 aromatic rings. The first-order chi connectivity index (χ1) is 14.6. The molecule has 0 unspecified atom stereocenters. The summed E-state index contributed by atoms with van der Waals surface area (Å²) in [6, 6.07) is 14.5. The molecule has 0 atom stereocenters. The fourth-order valence-corrected chi connectivity index (χ4v) is 2.99. The Bertz CT molecular complexity index is 1020. The highest BCUT2D eigenvalue weighted by Gasteiger charge is 2.12. The normalized spacial score (nSPS) is 10.7. The predicted molar refractivity (Wildman–Crippen MR) is 117 cm³/mol. The van der Waals surface area contributed by atoms with E-state index in [2.05, 4.69) is 26.0 Å². The van der Waals surface area contributed by atoms with Crippen LogP contribution in [0.1, 0.15) is 5.56 Å². The lowest BCUT2D eigenvalue weighted by molar-refractivity contribution is -0.113. The van der Waals surface area contributed by atoms with Crippen molar-refractivity contribution in [1.82, 2.24) is 14.9 Å². The lowest BCUT2D eigenvalue weighted by Crippen LogP contribution is -2.16. The molecular formula is C19H21N7O3S. The molecule has 1 heterocycles. The molecule has 4 N–H and O–H groups in total. The van der Waals surface area contributed by atoms with E-state index in [1.54, 1.807) is 44.7 Å². The second kappa shape index (κ2) is 10.2. The number of aromatic nitrogens is 3. The average Bonchev–Trinajstić information content (AvgIpc) is 3.12. The fraction of sp³-hybridized carbons (Fsp3) is 0.158. The minimum absolute atomic E-state index is 0.113. The van der Waals surface area contributed by atoms with Crippen LogP contribution in [0.3, 0.4) is 0 Å². The number of amides is 1. The number of hydrogen-bond donors (Lipinski definition) is 3. The van der Waals surface area contributed by atoms with Crippen LogP contribution in [0, 0.1) is 0 Å². The number of nitrogens with one attached hydrogen (secondary N) is 2. The zero-order chi connectivity index (χ0) is 21.3. The quantitative estimate of drug-likeness (QED) is 0.205. The van der Waals surface area contributed by atoms with Crippen molar-refractivity contribution in [2.75, 3.05) is 36.6 Å². The molecule has 0 aliphatic heterocycles. The molecule has 0 aliphatic rings. The van der Waals surface area contributed by atoms with Crippen molar-refractivity contribution in [3.8, 4) is 11.5 Å². The summed E-state index contributed by atoms with van der Waals surface area (Å²) in [7, 11) is 3.17. The Kier molecular flexibility index (Phi) is 7.11. The first kappa shape index (κ1) is 21.0. The number of thioether (sulfide) groups is 1. The molecule has 0 fully saturated rings. The third kappa shape index (κ3) is 5.64. The largest absolute Gasteiger partial charge is 0.497 e. The maximum Gasteiger partial charge on any atom is 0.264 e. The Morgan fingerprint density at radius 3 is 2.67 bits per heavy atom. The van der Waals surface area contributed by atoms with Crippen LogP contribution in [0.4, 0.5) is 11.6 Å². The minimum Gasteiger partial charge on any atom is -0.497 e. The van der Waals surface area contributed by atoms with Crippen molar-refractivity contribution in [3.05, 3.63) is 54.1 Å². The van der Waals surface area contributed by atoms with E-state index in [0.717, 1.165) is 23.1 Å². The summed E-state index contributed by atoms with van der Waals surface area (Å²) in [6.45, 7) is 0. The minimum atomic E-state index is -0.205. The van der Waals surface area contributed by atoms with Gasteiger partial charge < -0.3 is 20.6 Å². The second-order valence-electron chi connectivity index (χ2n) is 5.89. The van der Waals surface area contributed by atoms with Gasteiger partial charge in [-0.1, -0.05) is 17.8 Å². The van der Waals surface area contributed by atoms with E-state index in [1.807, 2.05) is 24.3 Å². The fourth-order valence-electron chi connectivity index (χ4n) is 2.33. The van der Waals surface area contributed by atoms with Gasteiger partial charge in [0, 0.05) is 11.8 Å². The van der Waals surface area contributed by atoms with E-state index in [4.69, 9.17) is 15.3 Å². The first-order valence-corrected chi connectivity index (χ1v) is 9.78. The Hall–Kier alpha value is -3.73. The lowest BCUT2D eigenvalue weighted by Gasteiger charge is -2.07. The number of carbonyl (C=O) groups is 1. The van der Waals surface area contributed by atoms with Gasteiger partial charge in [0.05, 0.1) is 26.2 Å². The maximum absolute atomic E-state index is 12.2. The van der Waals surface area contributed by atoms with Gasteiger partial charge in [0.25, 0.3) is 5.95 Å². The predicted octanol–water partition coefficient (Wildman–Crippen LogP) is 2.19. The number of benzene rings is 2. The van der Waals surface area contributed by atoms with E-state index in [0.29, 0.717) is 16.6 Å². The highest BCUT2D eigenvalue weighted by Crippen LogP contribution is 2.19. The van der Waals surface area contributed by atoms with Gasteiger partial charge in [-0.2, -0.15) is 5.10 Å². The van der Waals surface area contributed by atoms with Crippen LogP contribution in [0.5, 0.6) is 11.5 Å². The molecule has 156 valence electrons. The summed E-state index contributed by atoms with van der Waals surface area (Å²) in [5, 5.41) is 15.2. The number of hydrogen-bond acceptors (Lipinski definition) is 9. The van der Waals surface area contributed by atoms with Crippen LogP contribution in [0.25, 0.3) is 0 Å². The van der Waals surface area contributed by atoms with Crippen LogP contribution < -0.4 is 26.1 Å². The van der Waals surface area contributed by atoms with Gasteiger partial charge >= 0.3 is 0 Å². The molecule has 0 saturated carbocycles. The van der Waals surface area contributed by atoms with E-state index in [9.17, 15) is 4.79 Å². The average molecular weight is 427 g/mol. The van der Waals surface area contributed by atoms with Gasteiger partial charge in [-0.25, -0.2) is 10.1 Å². The molecule has 0 spiro atoms. The van der Waals surface area contributed by atoms with Crippen molar-refractivity contribution in [2.45, 2.75) is 5.16 Å². The molecule has 2 aromatic carbocycles. The number of anilines is 2. The van der Waals surface area contributed by atoms with Gasteiger partial charge in [-0.05, 0) is 42.0 Å². The van der Waals surface area contributed by atoms with Gasteiger partial charge in [-0.15, -0.1) is 10.2 Å². The van der Waals surface area contributed by atoms with Crippen LogP contribution >= 0.6 is 11.8 Å². The van der Waals surface area contributed by atoms with Gasteiger partial charge in [0.15, 0.2) is 0 Å². The number of nitrogens with zero attached hydrogens (tertiary/aromatic N) is 4. The van der Waals surface area contributed by atoms with Crippen molar-refractivity contribution in [3.63, 3.8) is 0 Å². The van der Waals surface area contributed by atoms with E-state index in [-0.39, 0.29) is 17.6 Å². The van der Waals surface area contributed by atoms with E-state index >= 15 is 0 Å². The number of carbonyl (C=O) groups excluding carboxylic acids is 1. The Labute approximate surface area is 177 Å². The highest BCUT2D eigenvalue weighted by molar-refractivity contribution is 7.99. The first-order valence-electron chi connectivity index (χ1n) is 8.79. The molecule has 30 heavy (non-hydrogen) atoms. The van der Waals surface area contributed by atoms with Crippen molar-refractivity contribution in [2.24, 2.45) is 5.10 Å². The molecule has 1 aromatic heterocycles. The summed E-state index contributed by atoms with van der Waals surface area (Å²) in [6.07, 6.45) is 1.61. The number of ether oxygens (including phenoxy) is 2. The molecule has 10 nitrogen and oxygen atoms in total. The van der Waals surface area contributed by atoms with Crippen LogP contribution in [-0.2, 0) is 4.79 Å². The van der Waals surface area contributed by atoms with Crippen LogP contribution in [-0.4, -0.2) is 47.0 Å². The molecular weight excluding hydrogens is 406 g/mol. The Morgan fingerprint density at radius 2 is 1.93 bits per heavy atom. The summed E-state index contributed by atoms with van der Waals surface area (Å²) < 4.78 is 11.5. The van der Waals surface area contributed by atoms with Crippen molar-refractivity contribution >= 4 is 35.5 Å². The molecule has 1 amide bonds. The third-order valence-electron chi connectivity index (χ3n) is 3.84. The lowest BCUT2D eigenvalue weighted by atomic mass is 10.2. The van der Waals surface area contributed by atoms with Gasteiger partial charge in [0.2, 0.25) is 11.1 Å². The van der Waals surface area contributed by atoms with Crippen molar-refractivity contribution < 1.29 is 14.3 Å². The standard InChI is InChI=1S/C19H21N7O3S/c1-28-15-8-6-13(7-9-15)11-21-23-18-24-25-19(26(18)20)30-12-17(27)22-14-4-3-5-16(10-14)29-2/h3-11H,12,20H2,1-2H3,(H,22,27)(H,23,24)/b21-11+. The zero-order valence-electron chi connectivity index (χ0n) is 16.4. The summed E-state index contributed by atoms with van der Waals surface area (Å²) in [5.41, 5.74) is 4.24. The molecule has 3 rings (SSSR count). The molecule has 0 aliphatic carbocycles. The monoisotopic (exact) mass is 427 g/mol. The smallest absolute Gasteiger partial charge is 0.264 e. The summed E-state index contributed by atoms with van der Waals surface area (Å²) in [4.78, 5) is 12.2. The highest BCUT2D eigenvalue weighted by atomic mass is 32.2. The molecule has 0 radical (unpaired) electrons. The van der Waals surface area contributed by atoms with Crippen LogP contribution in [0.2, 0.25) is 0 Å². The third-order valence-corrected chi connectivity index (χ3v) is 4.79. The topological polar surface area (TPSA) is 129 Å². The van der Waals surface area contributed by atoms with Crippen molar-refractivity contribution in [1.29, 1.82) is 0 Å². The van der Waals surface area contributed by atoms with Crippen LogP contribution in [0.15, 0.2) is 58.8 Å².